The number of aromatic nitrogens is 3. The number of Topliss-reactive ketones (excluding diaryl/α,β-unsaturated/α-hetero) is 4. The summed E-state index contributed by atoms with van der Waals surface area (Å²) >= 11 is 0. The van der Waals surface area contributed by atoms with Crippen molar-refractivity contribution in [1.29, 1.82) is 0 Å². The third-order valence-corrected chi connectivity index (χ3v) is 29.3. The van der Waals surface area contributed by atoms with Crippen LogP contribution in [0.3, 0.4) is 0 Å². The molecule has 1 aromatic heterocycles. The van der Waals surface area contributed by atoms with Crippen LogP contribution >= 0.6 is 0 Å². The zero-order chi connectivity index (χ0) is 98.0. The minimum absolute atomic E-state index is 0.00384. The molecule has 11 rings (SSSR count). The lowest BCUT2D eigenvalue weighted by molar-refractivity contribution is -0.870. The van der Waals surface area contributed by atoms with Gasteiger partial charge in [-0.3, -0.25) is 53.3 Å². The van der Waals surface area contributed by atoms with Crippen LogP contribution in [0, 0.1) is 59.2 Å². The Balaban J connectivity index is 0.609. The van der Waals surface area contributed by atoms with E-state index in [1.54, 1.807) is 11.8 Å². The zero-order valence-electron chi connectivity index (χ0n) is 83.8. The number of nitrogens with zero attached hydrogens (tertiary/aromatic N) is 5. The van der Waals surface area contributed by atoms with E-state index in [4.69, 9.17) is 42.6 Å². The van der Waals surface area contributed by atoms with Crippen LogP contribution in [0.1, 0.15) is 271 Å². The molecule has 28 nitrogen and oxygen atoms in total. The van der Waals surface area contributed by atoms with Gasteiger partial charge < -0.3 is 68.0 Å². The fourth-order valence-corrected chi connectivity index (χ4v) is 21.5. The molecule has 0 spiro atoms. The number of hydrogen-bond acceptors (Lipinski definition) is 21. The molecular weight excluding hydrogens is 1740 g/mol. The second kappa shape index (κ2) is 53.5. The quantitative estimate of drug-likeness (QED) is 0.0122. The Kier molecular flexibility index (Phi) is 42.3. The Labute approximate surface area is 812 Å². The van der Waals surface area contributed by atoms with E-state index in [0.29, 0.717) is 156 Å². The van der Waals surface area contributed by atoms with Crippen molar-refractivity contribution in [2.75, 3.05) is 157 Å². The predicted molar refractivity (Wildman–Crippen MR) is 525 cm³/mol. The second-order valence-electron chi connectivity index (χ2n) is 41.1. The largest absolute Gasteiger partial charge is 0.379 e. The number of carbonyl (C=O) groups is 10. The number of imide groups is 1. The molecule has 2 saturated carbocycles. The van der Waals surface area contributed by atoms with Gasteiger partial charge in [0.15, 0.2) is 5.78 Å². The first-order chi connectivity index (χ1) is 65.9. The number of rotatable bonds is 58. The maximum atomic E-state index is 15.0. The van der Waals surface area contributed by atoms with Crippen LogP contribution in [0.2, 0.25) is 0 Å². The smallest absolute Gasteiger partial charge is 0.246 e. The van der Waals surface area contributed by atoms with Crippen molar-refractivity contribution in [3.63, 3.8) is 0 Å². The highest BCUT2D eigenvalue weighted by molar-refractivity contribution is 6.02. The molecule has 137 heavy (non-hydrogen) atoms. The predicted octanol–water partition coefficient (Wildman–Crippen LogP) is 14.4. The van der Waals surface area contributed by atoms with Gasteiger partial charge in [0.25, 0.3) is 0 Å². The number of para-hydroxylation sites is 1. The van der Waals surface area contributed by atoms with Crippen LogP contribution < -0.4 is 26.2 Å². The van der Waals surface area contributed by atoms with E-state index in [1.165, 1.54) is 16.7 Å². The number of unbranched alkanes of at least 4 members (excludes halogenated alkanes) is 1. The highest BCUT2D eigenvalue weighted by atomic mass is 16.6. The molecule has 6 amide bonds. The third-order valence-electron chi connectivity index (χ3n) is 29.3. The number of benzene rings is 4. The molecule has 5 aliphatic carbocycles. The number of ketones is 4. The first-order valence-corrected chi connectivity index (χ1v) is 50.9. The maximum absolute atomic E-state index is 15.0. The average Bonchev–Trinajstić information content (AvgIpc) is 1.61. The first kappa shape index (κ1) is 108. The lowest BCUT2D eigenvalue weighted by atomic mass is 9.49. The van der Waals surface area contributed by atoms with E-state index >= 15 is 4.79 Å². The van der Waals surface area contributed by atoms with Gasteiger partial charge in [0.2, 0.25) is 35.4 Å². The van der Waals surface area contributed by atoms with Crippen LogP contribution in [0.15, 0.2) is 84.9 Å². The summed E-state index contributed by atoms with van der Waals surface area (Å²) in [5.74, 6) is 2.53. The van der Waals surface area contributed by atoms with Crippen LogP contribution in [0.5, 0.6) is 0 Å². The van der Waals surface area contributed by atoms with Gasteiger partial charge in [0, 0.05) is 99.6 Å². The number of anilines is 2. The lowest BCUT2D eigenvalue weighted by Gasteiger charge is -2.56. The van der Waals surface area contributed by atoms with Crippen LogP contribution in [-0.2, 0) is 134 Å². The molecule has 2 fully saturated rings. The number of carbonyl (C=O) groups excluding carboxylic acids is 10. The monoisotopic (exact) mass is 1900 g/mol. The van der Waals surface area contributed by atoms with Crippen LogP contribution in [-0.4, -0.2) is 231 Å². The zero-order valence-corrected chi connectivity index (χ0v) is 83.8. The summed E-state index contributed by atoms with van der Waals surface area (Å²) < 4.78 is 54.8. The standard InChI is InChI=1S/C109H155N9O19/c1-77(2)100(94(122)72-79(4)102(125)111-86-41-38-82-40-44-97-107(6,91(82)74-86)49-24-51-109(97,8)105(128)113-104(127)108(7)50-23-48-106(5)90-71-78(3)34-35-81(90)39-43-96(106)108)112-103(126)84(73-89(121)47-57-131-61-65-135-68-67-133-63-59-129-55-22-30-87(119)42-45-99(124)116-75-85-28-16-15-25-80(85)36-37-83-26-17-18-31-92(83)116)27-19-20-52-110-98(123)76-137-95-33-14-12-13-32-93-101(95)114-115-117(93)53-58-132-62-66-136-70-69-134-64-60-130-56-46-88(120)29-21-54-118(9,10)11/h15-18,25-26,28,31,34-35,38,41,71,74,77,79,84,95-97,100H,12-14,19-24,27,29-30,32-33,39-40,42-70,72-73,75-76H2,1-11H3,(H3-,110,111,112,113,123,125,126,127,128)/p+1/t79-,84+,95?,96-,97-,100+,106-,107-,108+,109+/m1/s1. The Morgan fingerprint density at radius 2 is 1.09 bits per heavy atom. The van der Waals surface area contributed by atoms with Gasteiger partial charge in [0.1, 0.15) is 35.8 Å². The molecule has 2 heterocycles. The maximum Gasteiger partial charge on any atom is 0.246 e. The summed E-state index contributed by atoms with van der Waals surface area (Å²) in [7, 11) is 6.36. The number of ether oxygens (including phenoxy) is 9. The summed E-state index contributed by atoms with van der Waals surface area (Å²) in [6.45, 7) is 23.6. The molecule has 4 aromatic carbocycles. The Bertz CT molecular complexity index is 4920. The topological polar surface area (TPSA) is 336 Å². The molecule has 10 atom stereocenters. The first-order valence-electron chi connectivity index (χ1n) is 50.9. The van der Waals surface area contributed by atoms with Crippen molar-refractivity contribution in [2.45, 2.75) is 271 Å². The SMILES string of the molecule is Cc1ccc2c(c1)[C@@]1(C)CCC[C@](C)(C(=O)NC(=O)[C@@]3(C)CCC[C@]4(C)c5cc(NC(=O)[C@H](C)CC(=O)[C@@H](NC(=O)[C@@H](CCCCNC(=O)COC6CCCCCc7c6nnn7CCOCCOCCOCCOCCC(=O)CCC[N+](C)(C)C)CC(=O)CCOCCOCCOCCOCCCC(=O)CCC(=O)N6Cc7ccccc7C#Cc7ccccc76)C(C)C)ccc5CC[C@@H]34)[C@@H]1CC2. The molecule has 6 aliphatic rings. The third kappa shape index (κ3) is 31.4. The highest BCUT2D eigenvalue weighted by Gasteiger charge is 2.59. The van der Waals surface area contributed by atoms with Crippen molar-refractivity contribution in [3.05, 3.63) is 141 Å². The second-order valence-corrected chi connectivity index (χ2v) is 41.1. The highest BCUT2D eigenvalue weighted by Crippen LogP contribution is 2.60. The molecule has 5 aromatic rings. The number of amides is 6. The van der Waals surface area contributed by atoms with E-state index < -0.39 is 46.1 Å². The molecule has 28 heteroatoms. The van der Waals surface area contributed by atoms with Gasteiger partial charge >= 0.3 is 0 Å². The van der Waals surface area contributed by atoms with Gasteiger partial charge in [-0.15, -0.1) is 5.10 Å². The van der Waals surface area contributed by atoms with Gasteiger partial charge in [-0.1, -0.05) is 158 Å². The number of fused-ring (bicyclic) bond motifs is 9. The molecule has 1 aliphatic heterocycles. The lowest BCUT2D eigenvalue weighted by Crippen LogP contribution is -2.60. The number of nitrogens with one attached hydrogen (secondary N) is 4. The summed E-state index contributed by atoms with van der Waals surface area (Å²) in [6, 6.07) is 27.2. The molecule has 0 saturated heterocycles. The van der Waals surface area contributed by atoms with Gasteiger partial charge in [-0.05, 0) is 184 Å². The number of hydrogen-bond donors (Lipinski definition) is 4. The Hall–Kier alpha value is -9.12. The number of aryl methyl sites for hydroxylation is 3. The minimum atomic E-state index is -0.977. The summed E-state index contributed by atoms with van der Waals surface area (Å²) in [6.07, 6.45) is 16.0. The van der Waals surface area contributed by atoms with Gasteiger partial charge in [0.05, 0.1) is 168 Å². The van der Waals surface area contributed by atoms with E-state index in [1.807, 2.05) is 79.2 Å². The Morgan fingerprint density at radius 3 is 1.72 bits per heavy atom. The summed E-state index contributed by atoms with van der Waals surface area (Å²) in [5, 5.41) is 21.3. The molecule has 0 radical (unpaired) electrons. The Morgan fingerprint density at radius 1 is 0.526 bits per heavy atom. The van der Waals surface area contributed by atoms with E-state index in [9.17, 15) is 43.2 Å². The van der Waals surface area contributed by atoms with E-state index in [0.717, 1.165) is 146 Å². The van der Waals surface area contributed by atoms with E-state index in [-0.39, 0.29) is 147 Å². The normalized spacial score (nSPS) is 21.1. The van der Waals surface area contributed by atoms with Crippen LogP contribution in [0.25, 0.3) is 0 Å². The van der Waals surface area contributed by atoms with Crippen molar-refractivity contribution in [1.82, 2.24) is 30.9 Å². The molecule has 0 bridgehead atoms. The molecule has 4 N–H and O–H groups in total. The van der Waals surface area contributed by atoms with Crippen molar-refractivity contribution >= 4 is 70.0 Å². The fourth-order valence-electron chi connectivity index (χ4n) is 21.5. The van der Waals surface area contributed by atoms with Crippen LogP contribution in [0.4, 0.5) is 11.4 Å². The molecule has 750 valence electrons. The van der Waals surface area contributed by atoms with Gasteiger partial charge in [-0.25, -0.2) is 4.68 Å². The van der Waals surface area contributed by atoms with Crippen molar-refractivity contribution in [2.24, 2.45) is 40.4 Å². The molecular formula is C109H156N9O19+. The molecule has 1 unspecified atom stereocenters. The average molecular weight is 1900 g/mol. The van der Waals surface area contributed by atoms with E-state index in [2.05, 4.69) is 123 Å². The minimum Gasteiger partial charge on any atom is -0.379 e. The van der Waals surface area contributed by atoms with Crippen molar-refractivity contribution < 1.29 is 95.1 Å². The summed E-state index contributed by atoms with van der Waals surface area (Å²) in [5.41, 5.74) is 9.64. The number of quaternary nitrogens is 1. The van der Waals surface area contributed by atoms with Gasteiger partial charge in [-0.2, -0.15) is 0 Å². The van der Waals surface area contributed by atoms with Crippen molar-refractivity contribution in [3.8, 4) is 11.8 Å². The summed E-state index contributed by atoms with van der Waals surface area (Å²) in [4.78, 5) is 141. The fraction of sp³-hybridized carbons (Fsp3) is 0.651.